The van der Waals surface area contributed by atoms with Gasteiger partial charge in [-0.25, -0.2) is 0 Å². The normalized spacial score (nSPS) is 35.8. The zero-order chi connectivity index (χ0) is 14.1. The molecule has 2 rings (SSSR count). The van der Waals surface area contributed by atoms with Gasteiger partial charge in [0.15, 0.2) is 0 Å². The SMILES string of the molecule is CC1(C)CCN(CC2CCCC(C)(C)C2O)CCS1. The van der Waals surface area contributed by atoms with Gasteiger partial charge in [-0.05, 0) is 37.1 Å². The predicted octanol–water partition coefficient (Wildman–Crippen LogP) is 3.39. The Kier molecular flexibility index (Phi) is 4.90. The van der Waals surface area contributed by atoms with Crippen molar-refractivity contribution in [2.75, 3.05) is 25.4 Å². The molecule has 1 saturated heterocycles. The summed E-state index contributed by atoms with van der Waals surface area (Å²) >= 11 is 2.10. The van der Waals surface area contributed by atoms with Gasteiger partial charge in [0.25, 0.3) is 0 Å². The fraction of sp³-hybridized carbons (Fsp3) is 1.00. The van der Waals surface area contributed by atoms with Gasteiger partial charge in [0.1, 0.15) is 0 Å². The first-order valence-electron chi connectivity index (χ1n) is 7.85. The lowest BCUT2D eigenvalue weighted by atomic mass is 9.69. The first kappa shape index (κ1) is 15.7. The molecule has 0 amide bonds. The van der Waals surface area contributed by atoms with E-state index in [1.807, 2.05) is 0 Å². The maximum atomic E-state index is 10.6. The van der Waals surface area contributed by atoms with Gasteiger partial charge in [-0.1, -0.05) is 34.1 Å². The highest BCUT2D eigenvalue weighted by Gasteiger charge is 2.38. The molecule has 1 aliphatic carbocycles. The summed E-state index contributed by atoms with van der Waals surface area (Å²) in [5.41, 5.74) is 0.114. The molecule has 2 aliphatic rings. The molecule has 2 nitrogen and oxygen atoms in total. The highest BCUT2D eigenvalue weighted by atomic mass is 32.2. The standard InChI is InChI=1S/C16H31NOS/c1-15(2)7-5-6-13(14(15)18)12-17-9-8-16(3,4)19-11-10-17/h13-14,18H,5-12H2,1-4H3. The summed E-state index contributed by atoms with van der Waals surface area (Å²) < 4.78 is 0.430. The monoisotopic (exact) mass is 285 g/mol. The Balaban J connectivity index is 1.90. The largest absolute Gasteiger partial charge is 0.392 e. The molecule has 2 fully saturated rings. The molecule has 112 valence electrons. The number of aliphatic hydroxyl groups is 1. The van der Waals surface area contributed by atoms with Gasteiger partial charge >= 0.3 is 0 Å². The van der Waals surface area contributed by atoms with Crippen molar-refractivity contribution in [1.29, 1.82) is 0 Å². The van der Waals surface area contributed by atoms with E-state index in [9.17, 15) is 5.11 Å². The van der Waals surface area contributed by atoms with Crippen molar-refractivity contribution >= 4 is 11.8 Å². The summed E-state index contributed by atoms with van der Waals surface area (Å²) in [5, 5.41) is 10.6. The van der Waals surface area contributed by atoms with Crippen LogP contribution in [0.3, 0.4) is 0 Å². The van der Waals surface area contributed by atoms with Gasteiger partial charge in [0, 0.05) is 23.6 Å². The minimum atomic E-state index is -0.120. The maximum absolute atomic E-state index is 10.6. The van der Waals surface area contributed by atoms with Crippen LogP contribution in [0.25, 0.3) is 0 Å². The number of thioether (sulfide) groups is 1. The van der Waals surface area contributed by atoms with E-state index in [4.69, 9.17) is 0 Å². The van der Waals surface area contributed by atoms with Crippen LogP contribution in [0.2, 0.25) is 0 Å². The Morgan fingerprint density at radius 2 is 1.89 bits per heavy atom. The first-order chi connectivity index (χ1) is 8.80. The predicted molar refractivity (Wildman–Crippen MR) is 84.7 cm³/mol. The highest BCUT2D eigenvalue weighted by Crippen LogP contribution is 2.39. The number of rotatable bonds is 2. The van der Waals surface area contributed by atoms with E-state index in [0.29, 0.717) is 10.7 Å². The maximum Gasteiger partial charge on any atom is 0.0631 e. The summed E-state index contributed by atoms with van der Waals surface area (Å²) in [6.45, 7) is 12.7. The van der Waals surface area contributed by atoms with Crippen LogP contribution in [0.1, 0.15) is 53.4 Å². The highest BCUT2D eigenvalue weighted by molar-refractivity contribution is 8.00. The number of aliphatic hydroxyl groups excluding tert-OH is 1. The van der Waals surface area contributed by atoms with Crippen molar-refractivity contribution in [3.8, 4) is 0 Å². The summed E-state index contributed by atoms with van der Waals surface area (Å²) in [6, 6.07) is 0. The molecular weight excluding hydrogens is 254 g/mol. The van der Waals surface area contributed by atoms with Crippen LogP contribution < -0.4 is 0 Å². The third kappa shape index (κ3) is 4.12. The Morgan fingerprint density at radius 1 is 1.16 bits per heavy atom. The minimum absolute atomic E-state index is 0.114. The van der Waals surface area contributed by atoms with E-state index in [1.54, 1.807) is 0 Å². The molecular formula is C16H31NOS. The molecule has 0 aromatic rings. The van der Waals surface area contributed by atoms with Gasteiger partial charge in [-0.3, -0.25) is 0 Å². The van der Waals surface area contributed by atoms with Crippen LogP contribution in [-0.4, -0.2) is 46.2 Å². The van der Waals surface area contributed by atoms with Crippen molar-refractivity contribution < 1.29 is 5.11 Å². The molecule has 1 heterocycles. The Labute approximate surface area is 123 Å². The lowest BCUT2D eigenvalue weighted by Crippen LogP contribution is -2.45. The third-order valence-electron chi connectivity index (χ3n) is 5.07. The van der Waals surface area contributed by atoms with E-state index < -0.39 is 0 Å². The Bertz CT molecular complexity index is 303. The summed E-state index contributed by atoms with van der Waals surface area (Å²) in [5.74, 6) is 1.72. The van der Waals surface area contributed by atoms with E-state index >= 15 is 0 Å². The molecule has 19 heavy (non-hydrogen) atoms. The van der Waals surface area contributed by atoms with Crippen molar-refractivity contribution in [3.05, 3.63) is 0 Å². The molecule has 0 radical (unpaired) electrons. The van der Waals surface area contributed by atoms with E-state index in [1.165, 1.54) is 44.5 Å². The second-order valence-corrected chi connectivity index (χ2v) is 9.55. The fourth-order valence-corrected chi connectivity index (χ4v) is 4.67. The van der Waals surface area contributed by atoms with E-state index in [-0.39, 0.29) is 11.5 Å². The lowest BCUT2D eigenvalue weighted by molar-refractivity contribution is -0.0424. The average molecular weight is 285 g/mol. The van der Waals surface area contributed by atoms with Gasteiger partial charge in [-0.15, -0.1) is 0 Å². The Morgan fingerprint density at radius 3 is 2.63 bits per heavy atom. The molecule has 3 heteroatoms. The topological polar surface area (TPSA) is 23.5 Å². The van der Waals surface area contributed by atoms with Crippen LogP contribution in [0.4, 0.5) is 0 Å². The molecule has 0 bridgehead atoms. The van der Waals surface area contributed by atoms with Crippen molar-refractivity contribution in [2.24, 2.45) is 11.3 Å². The molecule has 1 aliphatic heterocycles. The Hall–Kier alpha value is 0.270. The van der Waals surface area contributed by atoms with Crippen LogP contribution in [0.5, 0.6) is 0 Å². The molecule has 0 aromatic carbocycles. The zero-order valence-electron chi connectivity index (χ0n) is 13.1. The zero-order valence-corrected chi connectivity index (χ0v) is 13.9. The van der Waals surface area contributed by atoms with Crippen molar-refractivity contribution in [2.45, 2.75) is 64.2 Å². The third-order valence-corrected chi connectivity index (χ3v) is 6.44. The molecule has 1 saturated carbocycles. The van der Waals surface area contributed by atoms with Crippen molar-refractivity contribution in [3.63, 3.8) is 0 Å². The first-order valence-corrected chi connectivity index (χ1v) is 8.83. The van der Waals surface area contributed by atoms with Crippen LogP contribution >= 0.6 is 11.8 Å². The smallest absolute Gasteiger partial charge is 0.0631 e. The second-order valence-electron chi connectivity index (χ2n) is 7.74. The van der Waals surface area contributed by atoms with E-state index in [2.05, 4.69) is 44.4 Å². The van der Waals surface area contributed by atoms with Crippen LogP contribution in [-0.2, 0) is 0 Å². The van der Waals surface area contributed by atoms with Crippen LogP contribution in [0, 0.1) is 11.3 Å². The van der Waals surface area contributed by atoms with Gasteiger partial charge in [-0.2, -0.15) is 11.8 Å². The average Bonchev–Trinajstić information content (AvgIpc) is 2.47. The van der Waals surface area contributed by atoms with Gasteiger partial charge in [0.05, 0.1) is 6.10 Å². The summed E-state index contributed by atoms with van der Waals surface area (Å²) in [4.78, 5) is 2.59. The minimum Gasteiger partial charge on any atom is -0.392 e. The summed E-state index contributed by atoms with van der Waals surface area (Å²) in [6.07, 6.45) is 4.81. The lowest BCUT2D eigenvalue weighted by Gasteiger charge is -2.42. The number of hydrogen-bond acceptors (Lipinski definition) is 3. The van der Waals surface area contributed by atoms with E-state index in [0.717, 1.165) is 6.54 Å². The molecule has 1 N–H and O–H groups in total. The van der Waals surface area contributed by atoms with Gasteiger partial charge in [0.2, 0.25) is 0 Å². The number of hydrogen-bond donors (Lipinski definition) is 1. The van der Waals surface area contributed by atoms with Gasteiger partial charge < -0.3 is 10.0 Å². The molecule has 2 atom stereocenters. The quantitative estimate of drug-likeness (QED) is 0.841. The number of nitrogens with zero attached hydrogens (tertiary/aromatic N) is 1. The molecule has 2 unspecified atom stereocenters. The molecule has 0 spiro atoms. The fourth-order valence-electron chi connectivity index (χ4n) is 3.53. The summed E-state index contributed by atoms with van der Waals surface area (Å²) in [7, 11) is 0. The van der Waals surface area contributed by atoms with Crippen LogP contribution in [0.15, 0.2) is 0 Å². The van der Waals surface area contributed by atoms with Crippen molar-refractivity contribution in [1.82, 2.24) is 4.90 Å². The second kappa shape index (κ2) is 5.95. The molecule has 0 aromatic heterocycles.